The minimum absolute atomic E-state index is 0.114. The average molecular weight is 656 g/mol. The Kier molecular flexibility index (Phi) is 9.21. The minimum Gasteiger partial charge on any atom is -0.384 e. The molecule has 0 spiro atoms. The van der Waals surface area contributed by atoms with Crippen molar-refractivity contribution in [1.82, 2.24) is 29.8 Å². The number of amides is 4. The molecule has 0 bridgehead atoms. The fourth-order valence-electron chi connectivity index (χ4n) is 4.60. The number of carbonyl (C=O) groups excluding carboxylic acids is 3. The average Bonchev–Trinajstić information content (AvgIpc) is 3.43. The van der Waals surface area contributed by atoms with Crippen LogP contribution < -0.4 is 10.6 Å². The first-order valence-corrected chi connectivity index (χ1v) is 14.5. The van der Waals surface area contributed by atoms with E-state index in [0.717, 1.165) is 9.26 Å². The second kappa shape index (κ2) is 12.2. The number of benzene rings is 1. The van der Waals surface area contributed by atoms with E-state index in [-0.39, 0.29) is 11.9 Å². The van der Waals surface area contributed by atoms with Gasteiger partial charge < -0.3 is 20.3 Å². The molecule has 0 radical (unpaired) electrons. The van der Waals surface area contributed by atoms with Crippen LogP contribution in [0.4, 0.5) is 15.3 Å². The van der Waals surface area contributed by atoms with Crippen LogP contribution in [0.3, 0.4) is 0 Å². The van der Waals surface area contributed by atoms with Gasteiger partial charge in [0, 0.05) is 53.0 Å². The molecule has 1 aromatic heterocycles. The van der Waals surface area contributed by atoms with Gasteiger partial charge in [-0.15, -0.1) is 0 Å². The van der Waals surface area contributed by atoms with Crippen LogP contribution in [0.5, 0.6) is 0 Å². The van der Waals surface area contributed by atoms with E-state index < -0.39 is 16.8 Å². The topological polar surface area (TPSA) is 112 Å². The van der Waals surface area contributed by atoms with Crippen LogP contribution in [0, 0.1) is 10.5 Å². The summed E-state index contributed by atoms with van der Waals surface area (Å²) in [7, 11) is 1.64. The molecule has 0 unspecified atom stereocenters. The van der Waals surface area contributed by atoms with Gasteiger partial charge in [-0.25, -0.2) is 24.1 Å². The highest BCUT2D eigenvalue weighted by Crippen LogP contribution is 2.30. The largest absolute Gasteiger partial charge is 0.384 e. The van der Waals surface area contributed by atoms with Gasteiger partial charge >= 0.3 is 12.1 Å². The molecule has 1 fully saturated rings. The molecule has 1 aromatic carbocycles. The Morgan fingerprint density at radius 3 is 2.50 bits per heavy atom. The van der Waals surface area contributed by atoms with Crippen molar-refractivity contribution in [3.8, 4) is 0 Å². The zero-order valence-electron chi connectivity index (χ0n) is 22.1. The van der Waals surface area contributed by atoms with Crippen molar-refractivity contribution in [1.29, 1.82) is 0 Å². The summed E-state index contributed by atoms with van der Waals surface area (Å²) < 4.78 is 7.30. The van der Waals surface area contributed by atoms with Gasteiger partial charge in [0.1, 0.15) is 11.9 Å². The Hall–Kier alpha value is -2.36. The lowest BCUT2D eigenvalue weighted by atomic mass is 10.0. The maximum Gasteiger partial charge on any atom is 0.344 e. The lowest BCUT2D eigenvalue weighted by molar-refractivity contribution is -0.137. The van der Waals surface area contributed by atoms with Gasteiger partial charge in [-0.1, -0.05) is 0 Å². The first-order chi connectivity index (χ1) is 18.1. The summed E-state index contributed by atoms with van der Waals surface area (Å²) >= 11 is 3.79. The van der Waals surface area contributed by atoms with Crippen LogP contribution in [-0.4, -0.2) is 98.9 Å². The number of piperazine rings is 1. The number of rotatable bonds is 9. The molecule has 13 heteroatoms. The fourth-order valence-corrected chi connectivity index (χ4v) is 6.06. The van der Waals surface area contributed by atoms with Crippen LogP contribution in [0.25, 0.3) is 0 Å². The number of aromatic nitrogens is 2. The van der Waals surface area contributed by atoms with E-state index in [1.807, 2.05) is 50.0 Å². The number of fused-ring (bicyclic) bond motifs is 1. The van der Waals surface area contributed by atoms with Gasteiger partial charge in [0.2, 0.25) is 5.91 Å². The standard InChI is InChI=1S/C25H34IN7O4S/c1-17-27-15-20-16-32(24(36)33(17)20)31-11-9-30(10-12-31)22(34)21(25(2,3)38-14-13-37-4)29-23(35)28-19-7-5-18(26)6-8-19/h5-8,15,21H,9-14,16H2,1-4H3,(H2,28,29,35)/t21-/m0/s1. The zero-order chi connectivity index (χ0) is 27.4. The highest BCUT2D eigenvalue weighted by molar-refractivity contribution is 14.1. The molecule has 0 saturated carbocycles. The summed E-state index contributed by atoms with van der Waals surface area (Å²) in [6.45, 7) is 8.70. The number of methoxy groups -OCH3 is 1. The Labute approximate surface area is 240 Å². The lowest BCUT2D eigenvalue weighted by Gasteiger charge is -2.42. The Balaban J connectivity index is 1.41. The molecule has 38 heavy (non-hydrogen) atoms. The Bertz CT molecular complexity index is 1160. The number of nitrogens with zero attached hydrogens (tertiary/aromatic N) is 5. The van der Waals surface area contributed by atoms with Gasteiger partial charge in [-0.3, -0.25) is 9.80 Å². The van der Waals surface area contributed by atoms with Crippen molar-refractivity contribution in [2.24, 2.45) is 0 Å². The predicted octanol–water partition coefficient (Wildman–Crippen LogP) is 2.99. The van der Waals surface area contributed by atoms with E-state index in [0.29, 0.717) is 56.6 Å². The van der Waals surface area contributed by atoms with Gasteiger partial charge in [0.05, 0.1) is 25.0 Å². The highest BCUT2D eigenvalue weighted by atomic mass is 127. The van der Waals surface area contributed by atoms with Crippen molar-refractivity contribution in [2.45, 2.75) is 38.1 Å². The predicted molar refractivity (Wildman–Crippen MR) is 155 cm³/mol. The summed E-state index contributed by atoms with van der Waals surface area (Å²) in [5.74, 6) is 1.22. The van der Waals surface area contributed by atoms with Crippen LogP contribution in [-0.2, 0) is 16.1 Å². The normalized spacial score (nSPS) is 16.9. The molecule has 1 saturated heterocycles. The molecule has 2 N–H and O–H groups in total. The number of thioether (sulfide) groups is 1. The molecule has 4 amide bonds. The van der Waals surface area contributed by atoms with Crippen molar-refractivity contribution < 1.29 is 19.1 Å². The molecule has 2 aromatic rings. The van der Waals surface area contributed by atoms with Gasteiger partial charge in [0.25, 0.3) is 0 Å². The number of ether oxygens (including phenoxy) is 1. The quantitative estimate of drug-likeness (QED) is 0.316. The third-order valence-corrected chi connectivity index (χ3v) is 8.80. The number of nitrogens with one attached hydrogen (secondary N) is 2. The second-order valence-electron chi connectivity index (χ2n) is 9.73. The van der Waals surface area contributed by atoms with E-state index in [2.05, 4.69) is 38.2 Å². The number of hydrogen-bond donors (Lipinski definition) is 2. The number of carbonyl (C=O) groups is 3. The van der Waals surface area contributed by atoms with Crippen molar-refractivity contribution in [2.75, 3.05) is 51.0 Å². The molecular weight excluding hydrogens is 621 g/mol. The molecule has 11 nitrogen and oxygen atoms in total. The summed E-state index contributed by atoms with van der Waals surface area (Å²) in [6.07, 6.45) is 1.73. The number of urea groups is 1. The monoisotopic (exact) mass is 655 g/mol. The number of hydrogen-bond acceptors (Lipinski definition) is 7. The fraction of sp³-hybridized carbons (Fsp3) is 0.520. The maximum atomic E-state index is 13.8. The number of aryl methyl sites for hydroxylation is 1. The van der Waals surface area contributed by atoms with E-state index in [1.54, 1.807) is 39.5 Å². The molecular formula is C25H34IN7O4S. The molecule has 1 atom stereocenters. The third kappa shape index (κ3) is 6.43. The smallest absolute Gasteiger partial charge is 0.344 e. The Morgan fingerprint density at radius 2 is 1.87 bits per heavy atom. The van der Waals surface area contributed by atoms with Gasteiger partial charge in [0.15, 0.2) is 0 Å². The number of halogens is 1. The first kappa shape index (κ1) is 28.6. The maximum absolute atomic E-state index is 13.8. The molecule has 2 aliphatic rings. The molecule has 0 aliphatic carbocycles. The van der Waals surface area contributed by atoms with Crippen LogP contribution in [0.1, 0.15) is 25.4 Å². The molecule has 2 aliphatic heterocycles. The van der Waals surface area contributed by atoms with E-state index in [4.69, 9.17) is 4.74 Å². The lowest BCUT2D eigenvalue weighted by Crippen LogP contribution is -2.62. The summed E-state index contributed by atoms with van der Waals surface area (Å²) in [6, 6.07) is 6.15. The summed E-state index contributed by atoms with van der Waals surface area (Å²) in [4.78, 5) is 45.7. The third-order valence-electron chi connectivity index (χ3n) is 6.73. The summed E-state index contributed by atoms with van der Waals surface area (Å²) in [5.41, 5.74) is 1.52. The zero-order valence-corrected chi connectivity index (χ0v) is 25.0. The van der Waals surface area contributed by atoms with Crippen molar-refractivity contribution in [3.05, 3.63) is 45.6 Å². The number of imidazole rings is 1. The summed E-state index contributed by atoms with van der Waals surface area (Å²) in [5, 5.41) is 9.49. The SMILES string of the molecule is COCCSC(C)(C)[C@@H](NC(=O)Nc1ccc(I)cc1)C(=O)N1CCN(N2Cc3cnc(C)n3C2=O)CC1. The number of anilines is 1. The van der Waals surface area contributed by atoms with Crippen LogP contribution in [0.2, 0.25) is 0 Å². The number of hydrazine groups is 1. The van der Waals surface area contributed by atoms with E-state index in [1.165, 1.54) is 0 Å². The van der Waals surface area contributed by atoms with Crippen molar-refractivity contribution in [3.63, 3.8) is 0 Å². The van der Waals surface area contributed by atoms with E-state index in [9.17, 15) is 14.4 Å². The van der Waals surface area contributed by atoms with Crippen molar-refractivity contribution >= 4 is 58.0 Å². The van der Waals surface area contributed by atoms with E-state index >= 15 is 0 Å². The Morgan fingerprint density at radius 1 is 1.18 bits per heavy atom. The molecule has 3 heterocycles. The van der Waals surface area contributed by atoms with Gasteiger partial charge in [-0.2, -0.15) is 11.8 Å². The minimum atomic E-state index is -0.761. The highest BCUT2D eigenvalue weighted by Gasteiger charge is 2.41. The molecule has 4 rings (SSSR count). The second-order valence-corrected chi connectivity index (χ2v) is 12.7. The molecule has 206 valence electrons. The van der Waals surface area contributed by atoms with Crippen LogP contribution in [0.15, 0.2) is 30.5 Å². The van der Waals surface area contributed by atoms with Gasteiger partial charge in [-0.05, 0) is 67.6 Å². The first-order valence-electron chi connectivity index (χ1n) is 12.5. The van der Waals surface area contributed by atoms with Crippen LogP contribution >= 0.6 is 34.4 Å².